The molecule has 0 bridgehead atoms. The van der Waals surface area contributed by atoms with E-state index in [0.29, 0.717) is 3.63 Å². The van der Waals surface area contributed by atoms with Gasteiger partial charge in [-0.2, -0.15) is 0 Å². The minimum Gasteiger partial charge on any atom is -1.00 e. The van der Waals surface area contributed by atoms with Crippen LogP contribution in [0, 0.1) is 0 Å². The van der Waals surface area contributed by atoms with Crippen LogP contribution in [0.4, 0.5) is 0 Å². The predicted octanol–water partition coefficient (Wildman–Crippen LogP) is 0.559. The van der Waals surface area contributed by atoms with Crippen LogP contribution in [0.2, 0.25) is 0 Å². The molecule has 0 radical (unpaired) electrons. The molecule has 29 heavy (non-hydrogen) atoms. The summed E-state index contributed by atoms with van der Waals surface area (Å²) in [5.74, 6) is 0. The molecule has 2 aliphatic rings. The Balaban J connectivity index is 0.00000120. The van der Waals surface area contributed by atoms with Gasteiger partial charge in [-0.1, -0.05) is 0 Å². The minimum atomic E-state index is -2.14. The van der Waals surface area contributed by atoms with Crippen LogP contribution < -0.4 is 24.8 Å². The van der Waals surface area contributed by atoms with Gasteiger partial charge in [-0.25, -0.2) is 0 Å². The molecule has 0 saturated carbocycles. The summed E-state index contributed by atoms with van der Waals surface area (Å²) >= 11 is -2.14. The van der Waals surface area contributed by atoms with Crippen LogP contribution in [0.5, 0.6) is 0 Å². The molecule has 5 rings (SSSR count). The maximum atomic E-state index is 5.40. The van der Waals surface area contributed by atoms with E-state index in [2.05, 4.69) is 80.6 Å². The van der Waals surface area contributed by atoms with E-state index in [1.54, 1.807) is 23.9 Å². The first kappa shape index (κ1) is 22.2. The van der Waals surface area contributed by atoms with Crippen molar-refractivity contribution in [3.8, 4) is 11.1 Å². The fourth-order valence-electron chi connectivity index (χ4n) is 4.68. The molecular formula is C25H22Cl2OZr. The number of rotatable bonds is 3. The van der Waals surface area contributed by atoms with Crippen molar-refractivity contribution in [2.24, 2.45) is 0 Å². The summed E-state index contributed by atoms with van der Waals surface area (Å²) < 4.78 is 9.34. The number of hydrogen-bond acceptors (Lipinski definition) is 1. The first-order valence-corrected chi connectivity index (χ1v) is 13.4. The third-order valence-corrected chi connectivity index (χ3v) is 14.1. The third-order valence-electron chi connectivity index (χ3n) is 5.75. The Bertz CT molecular complexity index is 1070. The number of halogens is 2. The second kappa shape index (κ2) is 9.13. The van der Waals surface area contributed by atoms with Crippen LogP contribution in [0.15, 0.2) is 87.0 Å². The Morgan fingerprint density at radius 3 is 2.07 bits per heavy atom. The van der Waals surface area contributed by atoms with Gasteiger partial charge >= 0.3 is 169 Å². The monoisotopic (exact) mass is 498 g/mol. The maximum Gasteiger partial charge on any atom is -1.00 e. The van der Waals surface area contributed by atoms with Crippen LogP contribution in [0.25, 0.3) is 16.7 Å². The standard InChI is InChI=1S/C13H9.C9H7O.C3H6.2ClH.Zr/c1-3-7-12-10(5-1)9-11-6-2-4-8-13(11)12;1-2-4-8(3-1)9-5-6-10-7-9;1-3-2;;;/h1-9H;1,3,5-7H,2H2;1-2H3;2*1H;/q;;;;;+2/p-2. The zero-order valence-electron chi connectivity index (χ0n) is 16.5. The van der Waals surface area contributed by atoms with Crippen molar-refractivity contribution in [3.05, 3.63) is 99.2 Å². The van der Waals surface area contributed by atoms with E-state index in [0.717, 1.165) is 6.42 Å². The number of fused-ring (bicyclic) bond motifs is 3. The van der Waals surface area contributed by atoms with Crippen LogP contribution in [-0.2, 0) is 21.3 Å². The first-order valence-electron chi connectivity index (χ1n) is 9.54. The predicted molar refractivity (Wildman–Crippen MR) is 109 cm³/mol. The van der Waals surface area contributed by atoms with E-state index < -0.39 is 21.3 Å². The molecule has 1 nitrogen and oxygen atoms in total. The number of hydrogen-bond donors (Lipinski definition) is 0. The second-order valence-corrected chi connectivity index (χ2v) is 14.9. The van der Waals surface area contributed by atoms with E-state index in [-0.39, 0.29) is 24.8 Å². The summed E-state index contributed by atoms with van der Waals surface area (Å²) in [6.07, 6.45) is 9.44. The smallest absolute Gasteiger partial charge is 1.00 e. The van der Waals surface area contributed by atoms with Crippen molar-refractivity contribution in [3.63, 3.8) is 0 Å². The van der Waals surface area contributed by atoms with Gasteiger partial charge in [-0.15, -0.1) is 0 Å². The molecule has 3 aromatic rings. The molecule has 0 atom stereocenters. The molecule has 0 unspecified atom stereocenters. The van der Waals surface area contributed by atoms with Crippen molar-refractivity contribution < 1.29 is 50.5 Å². The Labute approximate surface area is 192 Å². The van der Waals surface area contributed by atoms with Gasteiger partial charge in [0.2, 0.25) is 0 Å². The minimum absolute atomic E-state index is 0. The van der Waals surface area contributed by atoms with Crippen molar-refractivity contribution in [1.29, 1.82) is 0 Å². The molecule has 4 heteroatoms. The fraction of sp³-hybridized carbons (Fsp3) is 0.160. The second-order valence-electron chi connectivity index (χ2n) is 7.53. The molecule has 2 aliphatic carbocycles. The molecule has 146 valence electrons. The molecule has 0 saturated heterocycles. The Morgan fingerprint density at radius 2 is 1.52 bits per heavy atom. The summed E-state index contributed by atoms with van der Waals surface area (Å²) in [7, 11) is 0. The molecule has 0 spiro atoms. The van der Waals surface area contributed by atoms with Crippen LogP contribution in [0.3, 0.4) is 0 Å². The van der Waals surface area contributed by atoms with Gasteiger partial charge in [-0.3, -0.25) is 0 Å². The largest absolute Gasteiger partial charge is 1.00 e. The summed E-state index contributed by atoms with van der Waals surface area (Å²) in [6.45, 7) is 4.74. The van der Waals surface area contributed by atoms with Gasteiger partial charge in [-0.05, 0) is 0 Å². The molecule has 0 amide bonds. The summed E-state index contributed by atoms with van der Waals surface area (Å²) in [5, 5.41) is 0. The molecule has 2 aromatic carbocycles. The van der Waals surface area contributed by atoms with Gasteiger partial charge < -0.3 is 24.8 Å². The Morgan fingerprint density at radius 1 is 0.897 bits per heavy atom. The SMILES string of the molecule is C[C](C)=[Zr+2]([C]1=C(c2ccoc2)C=CC1)[CH]1c2ccccc2-c2ccccc21.[Cl-].[Cl-]. The normalized spacial score (nSPS) is 13.8. The van der Waals surface area contributed by atoms with Gasteiger partial charge in [0.1, 0.15) is 0 Å². The summed E-state index contributed by atoms with van der Waals surface area (Å²) in [6, 6.07) is 20.2. The zero-order chi connectivity index (χ0) is 18.4. The van der Waals surface area contributed by atoms with Crippen molar-refractivity contribution in [2.75, 3.05) is 0 Å². The molecule has 1 aromatic heterocycles. The Kier molecular flexibility index (Phi) is 6.99. The number of allylic oxidation sites excluding steroid dienone is 4. The topological polar surface area (TPSA) is 13.1 Å². The average Bonchev–Trinajstić information content (AvgIpc) is 3.41. The summed E-state index contributed by atoms with van der Waals surface area (Å²) in [4.78, 5) is 0. The maximum absolute atomic E-state index is 5.40. The van der Waals surface area contributed by atoms with Crippen molar-refractivity contribution >= 4 is 8.78 Å². The van der Waals surface area contributed by atoms with E-state index >= 15 is 0 Å². The average molecular weight is 501 g/mol. The molecule has 0 aliphatic heterocycles. The van der Waals surface area contributed by atoms with Gasteiger partial charge in [0.05, 0.1) is 0 Å². The van der Waals surface area contributed by atoms with E-state index in [1.807, 2.05) is 6.26 Å². The number of benzene rings is 2. The van der Waals surface area contributed by atoms with Crippen LogP contribution >= 0.6 is 0 Å². The van der Waals surface area contributed by atoms with E-state index in [1.165, 1.54) is 22.3 Å². The van der Waals surface area contributed by atoms with Crippen LogP contribution in [-0.4, -0.2) is 3.21 Å². The van der Waals surface area contributed by atoms with Gasteiger partial charge in [0, 0.05) is 0 Å². The third kappa shape index (κ3) is 3.72. The molecule has 1 heterocycles. The first-order chi connectivity index (χ1) is 13.3. The van der Waals surface area contributed by atoms with Crippen molar-refractivity contribution in [2.45, 2.75) is 23.9 Å². The van der Waals surface area contributed by atoms with Crippen molar-refractivity contribution in [1.82, 2.24) is 0 Å². The molecule has 0 fully saturated rings. The molecule has 0 N–H and O–H groups in total. The zero-order valence-corrected chi connectivity index (χ0v) is 20.4. The fourth-order valence-corrected chi connectivity index (χ4v) is 13.3. The summed E-state index contributed by atoms with van der Waals surface area (Å²) in [5.41, 5.74) is 8.61. The van der Waals surface area contributed by atoms with Crippen LogP contribution in [0.1, 0.15) is 40.6 Å². The van der Waals surface area contributed by atoms with Gasteiger partial charge in [0.25, 0.3) is 0 Å². The quantitative estimate of drug-likeness (QED) is 0.513. The van der Waals surface area contributed by atoms with E-state index in [4.69, 9.17) is 4.42 Å². The molecular weight excluding hydrogens is 478 g/mol. The van der Waals surface area contributed by atoms with E-state index in [9.17, 15) is 0 Å². The Hall–Kier alpha value is -1.47. The van der Waals surface area contributed by atoms with Gasteiger partial charge in [0.15, 0.2) is 0 Å². The number of furan rings is 1.